The van der Waals surface area contributed by atoms with Gasteiger partial charge in [0.25, 0.3) is 5.56 Å². The number of anilines is 1. The van der Waals surface area contributed by atoms with Gasteiger partial charge in [-0.3, -0.25) is 23.9 Å². The largest absolute Gasteiger partial charge is 0.339 e. The SMILES string of the molecule is Cc1ccc2ncn(CC(=O)N3CCN(CC(=O)Nc4c(C)cccc4C)CC3)c(=O)c2c1. The van der Waals surface area contributed by atoms with Crippen LogP contribution in [0.5, 0.6) is 0 Å². The number of rotatable bonds is 5. The molecule has 2 aromatic carbocycles. The number of nitrogens with one attached hydrogen (secondary N) is 1. The number of carbonyl (C=O) groups is 2. The molecular formula is C25H29N5O3. The molecule has 0 saturated carbocycles. The molecule has 0 radical (unpaired) electrons. The number of carbonyl (C=O) groups excluding carboxylic acids is 2. The number of benzene rings is 2. The lowest BCUT2D eigenvalue weighted by molar-refractivity contribution is -0.133. The van der Waals surface area contributed by atoms with E-state index < -0.39 is 0 Å². The molecule has 0 atom stereocenters. The quantitative estimate of drug-likeness (QED) is 0.647. The predicted molar refractivity (Wildman–Crippen MR) is 128 cm³/mol. The zero-order valence-electron chi connectivity index (χ0n) is 19.3. The lowest BCUT2D eigenvalue weighted by atomic mass is 10.1. The van der Waals surface area contributed by atoms with Crippen LogP contribution in [0.25, 0.3) is 10.9 Å². The zero-order chi connectivity index (χ0) is 23.5. The van der Waals surface area contributed by atoms with Gasteiger partial charge in [0.1, 0.15) is 6.54 Å². The van der Waals surface area contributed by atoms with Crippen LogP contribution in [0.15, 0.2) is 47.5 Å². The standard InChI is InChI=1S/C25H29N5O3/c1-17-7-8-21-20(13-17)25(33)30(16-26-21)15-23(32)29-11-9-28(10-12-29)14-22(31)27-24-18(2)5-4-6-19(24)3/h4-8,13,16H,9-12,14-15H2,1-3H3,(H,27,31). The number of hydrogen-bond donors (Lipinski definition) is 1. The summed E-state index contributed by atoms with van der Waals surface area (Å²) in [5.41, 5.74) is 4.32. The Kier molecular flexibility index (Phi) is 6.55. The van der Waals surface area contributed by atoms with Gasteiger partial charge in [0.05, 0.1) is 23.8 Å². The highest BCUT2D eigenvalue weighted by Crippen LogP contribution is 2.19. The summed E-state index contributed by atoms with van der Waals surface area (Å²) >= 11 is 0. The number of fused-ring (bicyclic) bond motifs is 1. The first kappa shape index (κ1) is 22.7. The summed E-state index contributed by atoms with van der Waals surface area (Å²) in [6.45, 7) is 8.37. The first-order valence-electron chi connectivity index (χ1n) is 11.1. The number of aromatic nitrogens is 2. The van der Waals surface area contributed by atoms with Crippen molar-refractivity contribution in [2.45, 2.75) is 27.3 Å². The summed E-state index contributed by atoms with van der Waals surface area (Å²) < 4.78 is 1.37. The number of aryl methyl sites for hydroxylation is 3. The van der Waals surface area contributed by atoms with Crippen LogP contribution < -0.4 is 10.9 Å². The van der Waals surface area contributed by atoms with Crippen LogP contribution in [-0.4, -0.2) is 63.9 Å². The topological polar surface area (TPSA) is 87.5 Å². The maximum atomic E-state index is 12.8. The minimum atomic E-state index is -0.209. The highest BCUT2D eigenvalue weighted by molar-refractivity contribution is 5.93. The van der Waals surface area contributed by atoms with Crippen molar-refractivity contribution in [3.8, 4) is 0 Å². The molecule has 8 nitrogen and oxygen atoms in total. The van der Waals surface area contributed by atoms with E-state index in [0.717, 1.165) is 22.4 Å². The van der Waals surface area contributed by atoms with Crippen molar-refractivity contribution in [2.24, 2.45) is 0 Å². The molecule has 1 aliphatic rings. The summed E-state index contributed by atoms with van der Waals surface area (Å²) in [6.07, 6.45) is 1.44. The van der Waals surface area contributed by atoms with Crippen LogP contribution in [0.3, 0.4) is 0 Å². The highest BCUT2D eigenvalue weighted by atomic mass is 16.2. The van der Waals surface area contributed by atoms with Crippen molar-refractivity contribution in [3.63, 3.8) is 0 Å². The van der Waals surface area contributed by atoms with Crippen LogP contribution in [0.1, 0.15) is 16.7 Å². The van der Waals surface area contributed by atoms with Crippen LogP contribution >= 0.6 is 0 Å². The van der Waals surface area contributed by atoms with Crippen LogP contribution in [0.4, 0.5) is 5.69 Å². The maximum Gasteiger partial charge on any atom is 0.261 e. The van der Waals surface area contributed by atoms with Gasteiger partial charge in [0.2, 0.25) is 11.8 Å². The third-order valence-electron chi connectivity index (χ3n) is 6.12. The monoisotopic (exact) mass is 447 g/mol. The van der Waals surface area contributed by atoms with Gasteiger partial charge in [-0.1, -0.05) is 29.8 Å². The van der Waals surface area contributed by atoms with Crippen LogP contribution in [0, 0.1) is 20.8 Å². The molecule has 1 N–H and O–H groups in total. The molecule has 33 heavy (non-hydrogen) atoms. The normalized spacial score (nSPS) is 14.5. The lowest BCUT2D eigenvalue weighted by Gasteiger charge is -2.34. The molecule has 0 aliphatic carbocycles. The van der Waals surface area contributed by atoms with Gasteiger partial charge in [0, 0.05) is 31.9 Å². The Balaban J connectivity index is 1.32. The molecule has 2 heterocycles. The van der Waals surface area contributed by atoms with E-state index in [1.807, 2.05) is 56.0 Å². The first-order valence-corrected chi connectivity index (χ1v) is 11.1. The van der Waals surface area contributed by atoms with E-state index in [2.05, 4.69) is 10.3 Å². The van der Waals surface area contributed by atoms with Crippen molar-refractivity contribution in [1.29, 1.82) is 0 Å². The minimum absolute atomic E-state index is 0.0389. The first-order chi connectivity index (χ1) is 15.8. The van der Waals surface area contributed by atoms with E-state index in [1.54, 1.807) is 11.0 Å². The van der Waals surface area contributed by atoms with E-state index in [9.17, 15) is 14.4 Å². The molecule has 0 unspecified atom stereocenters. The van der Waals surface area contributed by atoms with Crippen LogP contribution in [-0.2, 0) is 16.1 Å². The molecular weight excluding hydrogens is 418 g/mol. The van der Waals surface area contributed by atoms with Crippen LogP contribution in [0.2, 0.25) is 0 Å². The second kappa shape index (κ2) is 9.54. The van der Waals surface area contributed by atoms with E-state index >= 15 is 0 Å². The zero-order valence-corrected chi connectivity index (χ0v) is 19.3. The average Bonchev–Trinajstić information content (AvgIpc) is 2.79. The fraction of sp³-hybridized carbons (Fsp3) is 0.360. The molecule has 1 saturated heterocycles. The lowest BCUT2D eigenvalue weighted by Crippen LogP contribution is -2.51. The molecule has 1 aromatic heterocycles. The molecule has 172 valence electrons. The summed E-state index contributed by atoms with van der Waals surface area (Å²) in [6, 6.07) is 11.4. The van der Waals surface area contributed by atoms with Gasteiger partial charge in [-0.2, -0.15) is 0 Å². The summed E-state index contributed by atoms with van der Waals surface area (Å²) in [5, 5.41) is 3.53. The fourth-order valence-corrected chi connectivity index (χ4v) is 4.18. The van der Waals surface area contributed by atoms with Gasteiger partial charge in [-0.25, -0.2) is 4.98 Å². The van der Waals surface area contributed by atoms with Gasteiger partial charge in [-0.05, 0) is 44.0 Å². The third kappa shape index (κ3) is 5.12. The molecule has 4 rings (SSSR count). The van der Waals surface area contributed by atoms with Crippen molar-refractivity contribution < 1.29 is 9.59 Å². The van der Waals surface area contributed by atoms with Gasteiger partial charge >= 0.3 is 0 Å². The molecule has 2 amide bonds. The summed E-state index contributed by atoms with van der Waals surface area (Å²) in [7, 11) is 0. The Morgan fingerprint density at radius 3 is 2.36 bits per heavy atom. The fourth-order valence-electron chi connectivity index (χ4n) is 4.18. The Hall–Kier alpha value is -3.52. The van der Waals surface area contributed by atoms with E-state index in [1.165, 1.54) is 10.9 Å². The number of para-hydroxylation sites is 1. The maximum absolute atomic E-state index is 12.8. The Bertz CT molecular complexity index is 1240. The van der Waals surface area contributed by atoms with Crippen molar-refractivity contribution in [2.75, 3.05) is 38.0 Å². The Morgan fingerprint density at radius 2 is 1.67 bits per heavy atom. The van der Waals surface area contributed by atoms with Crippen molar-refractivity contribution >= 4 is 28.4 Å². The second-order valence-corrected chi connectivity index (χ2v) is 8.67. The van der Waals surface area contributed by atoms with E-state index in [-0.39, 0.29) is 30.5 Å². The van der Waals surface area contributed by atoms with E-state index in [0.29, 0.717) is 37.1 Å². The number of amides is 2. The summed E-state index contributed by atoms with van der Waals surface area (Å²) in [4.78, 5) is 46.2. The molecule has 1 fully saturated rings. The van der Waals surface area contributed by atoms with Gasteiger partial charge < -0.3 is 10.2 Å². The molecule has 0 spiro atoms. The summed E-state index contributed by atoms with van der Waals surface area (Å²) in [5.74, 6) is -0.179. The highest BCUT2D eigenvalue weighted by Gasteiger charge is 2.23. The number of piperazine rings is 1. The third-order valence-corrected chi connectivity index (χ3v) is 6.12. The van der Waals surface area contributed by atoms with Gasteiger partial charge in [-0.15, -0.1) is 0 Å². The van der Waals surface area contributed by atoms with Crippen molar-refractivity contribution in [3.05, 3.63) is 69.8 Å². The minimum Gasteiger partial charge on any atom is -0.339 e. The molecule has 3 aromatic rings. The average molecular weight is 448 g/mol. The Morgan fingerprint density at radius 1 is 0.970 bits per heavy atom. The van der Waals surface area contributed by atoms with E-state index in [4.69, 9.17) is 0 Å². The smallest absolute Gasteiger partial charge is 0.261 e. The second-order valence-electron chi connectivity index (χ2n) is 8.67. The molecule has 1 aliphatic heterocycles. The Labute approximate surface area is 192 Å². The molecule has 8 heteroatoms. The van der Waals surface area contributed by atoms with Crippen molar-refractivity contribution in [1.82, 2.24) is 19.4 Å². The molecule has 0 bridgehead atoms. The number of hydrogen-bond acceptors (Lipinski definition) is 5. The predicted octanol–water partition coefficient (Wildman–Crippen LogP) is 2.10. The van der Waals surface area contributed by atoms with Gasteiger partial charge in [0.15, 0.2) is 0 Å². The number of nitrogens with zero attached hydrogens (tertiary/aromatic N) is 4.